The van der Waals surface area contributed by atoms with Gasteiger partial charge in [-0.2, -0.15) is 4.91 Å². The van der Waals surface area contributed by atoms with Crippen LogP contribution in [0.15, 0.2) is 5.18 Å². The summed E-state index contributed by atoms with van der Waals surface area (Å²) in [5, 5.41) is 134. The Hall–Kier alpha value is -1.69. The van der Waals surface area contributed by atoms with Crippen molar-refractivity contribution in [1.82, 2.24) is 0 Å². The summed E-state index contributed by atoms with van der Waals surface area (Å²) in [6.07, 6.45) is -29.4. The van der Waals surface area contributed by atoms with Gasteiger partial charge in [0, 0.05) is 36.0 Å². The van der Waals surface area contributed by atoms with E-state index in [0.29, 0.717) is 49.9 Å². The number of carbonyl (C=O) groups excluding carboxylic acids is 1. The first-order valence-electron chi connectivity index (χ1n) is 30.1. The minimum absolute atomic E-state index is 0.0461. The molecule has 0 bridgehead atoms. The van der Waals surface area contributed by atoms with Crippen molar-refractivity contribution in [3.63, 3.8) is 0 Å². The Morgan fingerprint density at radius 3 is 1.78 bits per heavy atom. The average molecular weight is 1190 g/mol. The van der Waals surface area contributed by atoms with Crippen molar-refractivity contribution in [3.05, 3.63) is 4.91 Å². The van der Waals surface area contributed by atoms with E-state index in [1.54, 1.807) is 0 Å². The number of carbonyl (C=O) groups is 1. The van der Waals surface area contributed by atoms with Crippen LogP contribution in [0, 0.1) is 63.1 Å². The van der Waals surface area contributed by atoms with Gasteiger partial charge in [-0.1, -0.05) is 39.8 Å². The summed E-state index contributed by atoms with van der Waals surface area (Å²) >= 11 is 0. The molecule has 83 heavy (non-hydrogen) atoms. The Morgan fingerprint density at radius 1 is 0.578 bits per heavy atom. The number of nitrogens with zero attached hydrogens (tertiary/aromatic N) is 1. The lowest BCUT2D eigenvalue weighted by molar-refractivity contribution is -0.388. The van der Waals surface area contributed by atoms with E-state index in [4.69, 9.17) is 56.8 Å². The molecular formula is C56H89NO26. The number of rotatable bonds is 14. The first-order chi connectivity index (χ1) is 39.5. The number of ether oxygens (including phenoxy) is 12. The molecule has 474 valence electrons. The number of nitroso groups, excluding NO2 is 1. The second-order valence-corrected chi connectivity index (χ2v) is 26.6. The Balaban J connectivity index is 0.797. The summed E-state index contributed by atoms with van der Waals surface area (Å²) in [7, 11) is 0. The normalized spacial score (nSPS) is 56.4. The summed E-state index contributed by atoms with van der Waals surface area (Å²) in [6.45, 7) is 7.70. The molecule has 33 unspecified atom stereocenters. The Bertz CT molecular complexity index is 2230. The molecule has 0 aromatic carbocycles. The molecular weight excluding hydrogens is 1100 g/mol. The van der Waals surface area contributed by atoms with Crippen molar-refractivity contribution in [1.29, 1.82) is 0 Å². The van der Waals surface area contributed by atoms with E-state index >= 15 is 0 Å². The summed E-state index contributed by atoms with van der Waals surface area (Å²) in [5.74, 6) is 0.183. The van der Waals surface area contributed by atoms with Crippen LogP contribution in [0.1, 0.15) is 92.4 Å². The molecule has 12 N–H and O–H groups in total. The summed E-state index contributed by atoms with van der Waals surface area (Å²) in [5.41, 5.74) is -0.740. The fourth-order valence-corrected chi connectivity index (χ4v) is 17.1. The van der Waals surface area contributed by atoms with Crippen LogP contribution in [0.25, 0.3) is 0 Å². The number of hydrogen-bond acceptors (Lipinski definition) is 27. The minimum Gasteiger partial charge on any atom is -0.394 e. The number of aliphatic hydroxyl groups excluding tert-OH is 12. The van der Waals surface area contributed by atoms with Gasteiger partial charge >= 0.3 is 0 Å². The van der Waals surface area contributed by atoms with Crippen molar-refractivity contribution < 1.29 is 123 Å². The maximum Gasteiger partial charge on any atom is 0.187 e. The molecule has 7 saturated heterocycles. The van der Waals surface area contributed by atoms with E-state index in [2.05, 4.69) is 32.9 Å². The molecule has 35 atom stereocenters. The van der Waals surface area contributed by atoms with Crippen LogP contribution in [-0.2, 0) is 61.6 Å². The Kier molecular flexibility index (Phi) is 18.6. The SMILES string of the molecule is CC1C(CO)OC(OC2C(O)C(CO)OC(OC3C(CO)OC(OC4CC[C@@]5(C)C(CCC6C7CC8OC9(CC[C@H](C)CO9)C(C)C8C7(C)C(=O)CC65)C4)C(N=O)C3OC3OCC(O)C(O)C3O)C2O)C(O)C1OC1OCC(O)C(O)C1O. The van der Waals surface area contributed by atoms with Crippen molar-refractivity contribution in [2.75, 3.05) is 39.6 Å². The second kappa shape index (κ2) is 24.6. The van der Waals surface area contributed by atoms with E-state index in [0.717, 1.165) is 32.1 Å². The molecule has 0 aromatic rings. The molecule has 0 radical (unpaired) electrons. The number of hydrogen-bond donors (Lipinski definition) is 12. The van der Waals surface area contributed by atoms with Gasteiger partial charge in [0.1, 0.15) is 91.2 Å². The molecule has 0 aromatic heterocycles. The van der Waals surface area contributed by atoms with Crippen LogP contribution in [0.2, 0.25) is 0 Å². The minimum atomic E-state index is -2.09. The third-order valence-electron chi connectivity index (χ3n) is 22.1. The van der Waals surface area contributed by atoms with E-state index in [1.165, 1.54) is 6.92 Å². The molecule has 27 heteroatoms. The highest BCUT2D eigenvalue weighted by molar-refractivity contribution is 5.87. The lowest BCUT2D eigenvalue weighted by atomic mass is 9.44. The number of aliphatic hydroxyl groups is 12. The standard InChI is InChI=1S/C56H89NO26/c1-21-8-11-56(74-18-21)23(3)36-31(83-56)13-28-26-7-6-24-12-25(9-10-54(24,4)27(26)14-35(63)55(28,36)5)75-49-37(57-71)47(81-51-42(68)39(65)30(62)20-73-51)46(34(17-60)78-49)80-53-44(70)48(40(66)33(16-59)77-53)82-52-43(69)45(22(2)32(15-58)76-52)79-50-41(67)38(64)29(61)19-72-50/h21-34,36-53,58-62,64-70H,6-20H2,1-5H3/t21-,22?,23?,24?,25?,26?,27?,28?,29?,30?,31?,32?,33?,34?,36?,37?,38?,39?,40?,41?,42?,43?,44?,45?,46?,47?,48?,49?,50?,51?,52?,53?,54-,55?,56?/m0/s1. The molecule has 7 aliphatic heterocycles. The highest BCUT2D eigenvalue weighted by atomic mass is 16.8. The van der Waals surface area contributed by atoms with Gasteiger partial charge in [-0.25, -0.2) is 0 Å². The number of ketones is 1. The quantitative estimate of drug-likeness (QED) is 0.0628. The second-order valence-electron chi connectivity index (χ2n) is 26.6. The van der Waals surface area contributed by atoms with Crippen LogP contribution in [0.3, 0.4) is 0 Å². The van der Waals surface area contributed by atoms with Crippen molar-refractivity contribution in [2.24, 2.45) is 63.4 Å². The monoisotopic (exact) mass is 1190 g/mol. The molecule has 11 aliphatic rings. The zero-order valence-electron chi connectivity index (χ0n) is 47.6. The van der Waals surface area contributed by atoms with E-state index < -0.39 is 191 Å². The van der Waals surface area contributed by atoms with Crippen molar-refractivity contribution in [3.8, 4) is 0 Å². The van der Waals surface area contributed by atoms with Crippen molar-refractivity contribution in [2.45, 2.75) is 246 Å². The van der Waals surface area contributed by atoms with Gasteiger partial charge in [0.2, 0.25) is 0 Å². The highest BCUT2D eigenvalue weighted by Crippen LogP contribution is 2.70. The molecule has 11 fully saturated rings. The van der Waals surface area contributed by atoms with Crippen LogP contribution in [0.5, 0.6) is 0 Å². The maximum atomic E-state index is 14.8. The maximum absolute atomic E-state index is 14.8. The number of Topliss-reactive ketones (excluding diaryl/α,β-unsaturated/α-hetero) is 1. The van der Waals surface area contributed by atoms with Crippen molar-refractivity contribution >= 4 is 5.78 Å². The van der Waals surface area contributed by atoms with Gasteiger partial charge in [0.05, 0.1) is 64.1 Å². The van der Waals surface area contributed by atoms with E-state index in [9.17, 15) is 71.0 Å². The molecule has 4 saturated carbocycles. The highest BCUT2D eigenvalue weighted by Gasteiger charge is 2.72. The lowest BCUT2D eigenvalue weighted by Crippen LogP contribution is -2.67. The van der Waals surface area contributed by atoms with Gasteiger partial charge in [0.15, 0.2) is 43.3 Å². The lowest BCUT2D eigenvalue weighted by Gasteiger charge is -2.60. The fourth-order valence-electron chi connectivity index (χ4n) is 17.1. The summed E-state index contributed by atoms with van der Waals surface area (Å²) in [4.78, 5) is 28.2. The van der Waals surface area contributed by atoms with Crippen LogP contribution < -0.4 is 0 Å². The largest absolute Gasteiger partial charge is 0.394 e. The van der Waals surface area contributed by atoms with E-state index in [1.807, 2.05) is 0 Å². The molecule has 7 heterocycles. The molecule has 11 rings (SSSR count). The first kappa shape index (κ1) is 62.9. The van der Waals surface area contributed by atoms with Gasteiger partial charge in [-0.05, 0) is 80.0 Å². The molecule has 27 nitrogen and oxygen atoms in total. The third kappa shape index (κ3) is 10.9. The topological polar surface area (TPSA) is 400 Å². The zero-order valence-corrected chi connectivity index (χ0v) is 47.6. The number of fused-ring (bicyclic) bond motifs is 7. The Labute approximate surface area is 480 Å². The van der Waals surface area contributed by atoms with Gasteiger partial charge in [-0.15, -0.1) is 0 Å². The van der Waals surface area contributed by atoms with Crippen LogP contribution in [-0.4, -0.2) is 260 Å². The van der Waals surface area contributed by atoms with Crippen LogP contribution >= 0.6 is 0 Å². The van der Waals surface area contributed by atoms with Gasteiger partial charge in [0.25, 0.3) is 0 Å². The van der Waals surface area contributed by atoms with Crippen LogP contribution in [0.4, 0.5) is 0 Å². The summed E-state index contributed by atoms with van der Waals surface area (Å²) in [6, 6.07) is -1.70. The van der Waals surface area contributed by atoms with Gasteiger partial charge in [-0.3, -0.25) is 4.79 Å². The molecule has 4 aliphatic carbocycles. The van der Waals surface area contributed by atoms with E-state index in [-0.39, 0.29) is 41.1 Å². The predicted molar refractivity (Wildman–Crippen MR) is 276 cm³/mol. The third-order valence-corrected chi connectivity index (χ3v) is 22.1. The first-order valence-corrected chi connectivity index (χ1v) is 30.1. The average Bonchev–Trinajstić information content (AvgIpc) is 1.60. The smallest absolute Gasteiger partial charge is 0.187 e. The molecule has 0 amide bonds. The zero-order chi connectivity index (χ0) is 59.4. The Morgan fingerprint density at radius 2 is 1.17 bits per heavy atom. The predicted octanol–water partition coefficient (Wildman–Crippen LogP) is -2.58. The fraction of sp³-hybridized carbons (Fsp3) is 0.982. The summed E-state index contributed by atoms with van der Waals surface area (Å²) < 4.78 is 73.8. The molecule has 1 spiro atoms. The van der Waals surface area contributed by atoms with Gasteiger partial charge < -0.3 is 118 Å².